The summed E-state index contributed by atoms with van der Waals surface area (Å²) >= 11 is 0. The number of hydrogen-bond acceptors (Lipinski definition) is 2. The average molecular weight is 332 g/mol. The molecule has 0 spiro atoms. The molecule has 4 bridgehead atoms. The van der Waals surface area contributed by atoms with Gasteiger partial charge in [0.25, 0.3) is 0 Å². The van der Waals surface area contributed by atoms with E-state index < -0.39 is 0 Å². The van der Waals surface area contributed by atoms with E-state index in [9.17, 15) is 9.59 Å². The third kappa shape index (κ3) is 3.62. The smallest absolute Gasteiger partial charge is 0.238 e. The molecule has 0 heterocycles. The maximum absolute atomic E-state index is 12.4. The molecule has 5 aliphatic carbocycles. The summed E-state index contributed by atoms with van der Waals surface area (Å²) in [7, 11) is 0. The van der Waals surface area contributed by atoms with E-state index in [0.29, 0.717) is 18.8 Å². The second-order valence-electron chi connectivity index (χ2n) is 9.40. The molecule has 4 heteroatoms. The van der Waals surface area contributed by atoms with Crippen LogP contribution in [0.25, 0.3) is 0 Å². The van der Waals surface area contributed by atoms with Crippen molar-refractivity contribution in [1.29, 1.82) is 0 Å². The van der Waals surface area contributed by atoms with Gasteiger partial charge in [0, 0.05) is 12.8 Å². The molecule has 5 rings (SSSR count). The van der Waals surface area contributed by atoms with E-state index in [1.54, 1.807) is 0 Å². The summed E-state index contributed by atoms with van der Waals surface area (Å²) in [6.45, 7) is 0. The highest BCUT2D eigenvalue weighted by atomic mass is 16.2. The van der Waals surface area contributed by atoms with Crippen LogP contribution in [0.1, 0.15) is 83.5 Å². The number of carbonyl (C=O) groups is 2. The van der Waals surface area contributed by atoms with Crippen molar-refractivity contribution in [3.63, 3.8) is 0 Å². The predicted octanol–water partition coefficient (Wildman–Crippen LogP) is 3.71. The van der Waals surface area contributed by atoms with Crippen LogP contribution < -0.4 is 10.9 Å². The fourth-order valence-corrected chi connectivity index (χ4v) is 6.74. The maximum atomic E-state index is 12.4. The highest BCUT2D eigenvalue weighted by Crippen LogP contribution is 2.61. The van der Waals surface area contributed by atoms with Gasteiger partial charge in [-0.15, -0.1) is 0 Å². The number of amides is 2. The van der Waals surface area contributed by atoms with Gasteiger partial charge in [-0.2, -0.15) is 0 Å². The van der Waals surface area contributed by atoms with Gasteiger partial charge in [0.2, 0.25) is 11.8 Å². The fraction of sp³-hybridized carbons (Fsp3) is 0.900. The van der Waals surface area contributed by atoms with E-state index in [4.69, 9.17) is 0 Å². The van der Waals surface area contributed by atoms with Crippen molar-refractivity contribution in [3.05, 3.63) is 0 Å². The Morgan fingerprint density at radius 2 is 1.33 bits per heavy atom. The number of carbonyl (C=O) groups excluding carboxylic acids is 2. The minimum atomic E-state index is -0.0132. The Balaban J connectivity index is 1.23. The molecule has 0 atom stereocenters. The van der Waals surface area contributed by atoms with Crippen molar-refractivity contribution < 1.29 is 9.59 Å². The Bertz CT molecular complexity index is 461. The zero-order valence-corrected chi connectivity index (χ0v) is 14.8. The molecule has 0 aromatic carbocycles. The van der Waals surface area contributed by atoms with Crippen LogP contribution in [-0.2, 0) is 9.59 Å². The number of hydrazine groups is 1. The molecule has 0 aromatic heterocycles. The number of hydrogen-bond donors (Lipinski definition) is 2. The predicted molar refractivity (Wildman–Crippen MR) is 92.7 cm³/mol. The molecule has 2 amide bonds. The lowest BCUT2D eigenvalue weighted by molar-refractivity contribution is -0.134. The third-order valence-electron chi connectivity index (χ3n) is 7.24. The molecule has 0 aromatic rings. The molecule has 4 nitrogen and oxygen atoms in total. The Labute approximate surface area is 145 Å². The number of nitrogens with one attached hydrogen (secondary N) is 2. The first-order valence-electron chi connectivity index (χ1n) is 10.2. The van der Waals surface area contributed by atoms with Crippen molar-refractivity contribution in [2.24, 2.45) is 29.1 Å². The molecule has 0 saturated heterocycles. The lowest BCUT2D eigenvalue weighted by Crippen LogP contribution is -2.50. The maximum Gasteiger partial charge on any atom is 0.238 e. The summed E-state index contributed by atoms with van der Waals surface area (Å²) < 4.78 is 0. The van der Waals surface area contributed by atoms with Crippen LogP contribution in [0.4, 0.5) is 0 Å². The lowest BCUT2D eigenvalue weighted by Gasteiger charge is -2.56. The molecule has 5 aliphatic rings. The molecule has 5 fully saturated rings. The zero-order chi connectivity index (χ0) is 16.6. The van der Waals surface area contributed by atoms with E-state index >= 15 is 0 Å². The molecular weight excluding hydrogens is 300 g/mol. The summed E-state index contributed by atoms with van der Waals surface area (Å²) in [6.07, 6.45) is 15.2. The molecule has 134 valence electrons. The minimum absolute atomic E-state index is 0.0132. The van der Waals surface area contributed by atoms with E-state index in [1.807, 2.05) is 0 Å². The van der Waals surface area contributed by atoms with E-state index in [0.717, 1.165) is 30.6 Å². The lowest BCUT2D eigenvalue weighted by atomic mass is 9.49. The molecular formula is C20H32N2O2. The first-order chi connectivity index (χ1) is 11.6. The highest BCUT2D eigenvalue weighted by molar-refractivity contribution is 5.82. The normalized spacial score (nSPS) is 38.1. The van der Waals surface area contributed by atoms with E-state index in [2.05, 4.69) is 10.9 Å². The van der Waals surface area contributed by atoms with Crippen molar-refractivity contribution in [2.75, 3.05) is 0 Å². The van der Waals surface area contributed by atoms with Gasteiger partial charge in [-0.1, -0.05) is 19.3 Å². The van der Waals surface area contributed by atoms with Gasteiger partial charge >= 0.3 is 0 Å². The topological polar surface area (TPSA) is 58.2 Å². The fourth-order valence-electron chi connectivity index (χ4n) is 6.74. The second-order valence-corrected chi connectivity index (χ2v) is 9.40. The summed E-state index contributed by atoms with van der Waals surface area (Å²) in [5.74, 6) is 3.12. The molecule has 24 heavy (non-hydrogen) atoms. The van der Waals surface area contributed by atoms with Gasteiger partial charge in [0.05, 0.1) is 0 Å². The van der Waals surface area contributed by atoms with Crippen molar-refractivity contribution in [2.45, 2.75) is 83.5 Å². The Hall–Kier alpha value is -1.06. The Morgan fingerprint density at radius 1 is 0.792 bits per heavy atom. The third-order valence-corrected chi connectivity index (χ3v) is 7.24. The quantitative estimate of drug-likeness (QED) is 0.771. The summed E-state index contributed by atoms with van der Waals surface area (Å²) in [4.78, 5) is 24.5. The first-order valence-corrected chi connectivity index (χ1v) is 10.2. The summed E-state index contributed by atoms with van der Waals surface area (Å²) in [6, 6.07) is 0. The molecule has 0 radical (unpaired) electrons. The molecule has 2 N–H and O–H groups in total. The molecule has 5 saturated carbocycles. The summed E-state index contributed by atoms with van der Waals surface area (Å²) in [5.41, 5.74) is 5.63. The Kier molecular flexibility index (Phi) is 4.57. The largest absolute Gasteiger partial charge is 0.273 e. The summed E-state index contributed by atoms with van der Waals surface area (Å²) in [5, 5.41) is 0. The van der Waals surface area contributed by atoms with Gasteiger partial charge in [0.15, 0.2) is 0 Å². The molecule has 0 aliphatic heterocycles. The van der Waals surface area contributed by atoms with Gasteiger partial charge in [-0.3, -0.25) is 20.4 Å². The first kappa shape index (κ1) is 16.4. The standard InChI is InChI=1S/C20H32N2O2/c23-18(9-14-4-2-1-3-5-14)21-22-19(24)13-20-10-15-6-16(11-20)8-17(7-15)12-20/h14-17H,1-13H2,(H,21,23)(H,22,24). The van der Waals surface area contributed by atoms with Gasteiger partial charge in [-0.25, -0.2) is 0 Å². The van der Waals surface area contributed by atoms with Crippen LogP contribution in [0.2, 0.25) is 0 Å². The van der Waals surface area contributed by atoms with Crippen LogP contribution in [0.3, 0.4) is 0 Å². The van der Waals surface area contributed by atoms with Crippen LogP contribution in [-0.4, -0.2) is 11.8 Å². The van der Waals surface area contributed by atoms with Crippen molar-refractivity contribution >= 4 is 11.8 Å². The zero-order valence-electron chi connectivity index (χ0n) is 14.8. The van der Waals surface area contributed by atoms with Crippen LogP contribution >= 0.6 is 0 Å². The number of rotatable bonds is 4. The van der Waals surface area contributed by atoms with Crippen LogP contribution in [0.5, 0.6) is 0 Å². The van der Waals surface area contributed by atoms with Crippen molar-refractivity contribution in [3.8, 4) is 0 Å². The van der Waals surface area contributed by atoms with Gasteiger partial charge in [-0.05, 0) is 80.5 Å². The second kappa shape index (κ2) is 6.68. The minimum Gasteiger partial charge on any atom is -0.273 e. The van der Waals surface area contributed by atoms with E-state index in [1.165, 1.54) is 57.8 Å². The average Bonchev–Trinajstić information content (AvgIpc) is 2.52. The van der Waals surface area contributed by atoms with E-state index in [-0.39, 0.29) is 17.2 Å². The van der Waals surface area contributed by atoms with Gasteiger partial charge < -0.3 is 0 Å². The highest BCUT2D eigenvalue weighted by Gasteiger charge is 2.51. The Morgan fingerprint density at radius 3 is 1.92 bits per heavy atom. The van der Waals surface area contributed by atoms with Gasteiger partial charge in [0.1, 0.15) is 0 Å². The van der Waals surface area contributed by atoms with Crippen molar-refractivity contribution in [1.82, 2.24) is 10.9 Å². The monoisotopic (exact) mass is 332 g/mol. The van der Waals surface area contributed by atoms with Crippen LogP contribution in [0, 0.1) is 29.1 Å². The SMILES string of the molecule is O=C(CC1CCCCC1)NNC(=O)CC12CC3CC(CC(C3)C1)C2. The molecule has 0 unspecified atom stereocenters. The van der Waals surface area contributed by atoms with Crippen LogP contribution in [0.15, 0.2) is 0 Å².